The molecule has 0 saturated heterocycles. The number of hydrogen-bond acceptors (Lipinski definition) is 4. The molecule has 0 bridgehead atoms. The van der Waals surface area contributed by atoms with Crippen LogP contribution in [0.15, 0.2) is 108 Å². The van der Waals surface area contributed by atoms with Crippen LogP contribution in [0.2, 0.25) is 0 Å². The van der Waals surface area contributed by atoms with Gasteiger partial charge in [-0.1, -0.05) is 54.6 Å². The molecule has 0 radical (unpaired) electrons. The van der Waals surface area contributed by atoms with Gasteiger partial charge in [-0.25, -0.2) is 4.98 Å². The largest absolute Gasteiger partial charge is 0.416 e. The second-order valence-corrected chi connectivity index (χ2v) is 7.86. The Morgan fingerprint density at radius 3 is 2.12 bits per heavy atom. The standard InChI is InChI=1S/C27H17N5O/c1-2-10-18(11-3-1)25-29-30-26(33-25)19-12-4-6-14-21(19)31-23-16-8-9-17-24(23)32-22-15-7-5-13-20(22)28-27(31)32/h1-17H. The van der Waals surface area contributed by atoms with Gasteiger partial charge in [0.2, 0.25) is 17.6 Å². The highest BCUT2D eigenvalue weighted by Crippen LogP contribution is 2.34. The number of benzene rings is 4. The quantitative estimate of drug-likeness (QED) is 0.339. The average Bonchev–Trinajstić information content (AvgIpc) is 3.58. The molecule has 4 aromatic carbocycles. The zero-order valence-corrected chi connectivity index (χ0v) is 17.5. The van der Waals surface area contributed by atoms with Gasteiger partial charge < -0.3 is 4.42 Å². The first-order valence-electron chi connectivity index (χ1n) is 10.7. The Hall–Kier alpha value is -4.71. The van der Waals surface area contributed by atoms with Crippen LogP contribution < -0.4 is 0 Å². The third kappa shape index (κ3) is 2.64. The van der Waals surface area contributed by atoms with Gasteiger partial charge >= 0.3 is 0 Å². The molecule has 0 spiro atoms. The third-order valence-electron chi connectivity index (χ3n) is 5.93. The molecule has 7 rings (SSSR count). The molecule has 0 aliphatic heterocycles. The summed E-state index contributed by atoms with van der Waals surface area (Å²) in [6.45, 7) is 0. The van der Waals surface area contributed by atoms with Crippen molar-refractivity contribution in [2.75, 3.05) is 0 Å². The average molecular weight is 427 g/mol. The van der Waals surface area contributed by atoms with Crippen LogP contribution in [-0.2, 0) is 0 Å². The lowest BCUT2D eigenvalue weighted by Gasteiger charge is -2.09. The maximum absolute atomic E-state index is 6.11. The summed E-state index contributed by atoms with van der Waals surface area (Å²) in [4.78, 5) is 4.98. The summed E-state index contributed by atoms with van der Waals surface area (Å²) in [5.74, 6) is 1.80. The molecule has 0 amide bonds. The van der Waals surface area contributed by atoms with E-state index in [1.165, 1.54) is 0 Å². The van der Waals surface area contributed by atoms with Gasteiger partial charge in [0.05, 0.1) is 33.3 Å². The van der Waals surface area contributed by atoms with Crippen molar-refractivity contribution in [1.82, 2.24) is 24.1 Å². The maximum atomic E-state index is 6.11. The van der Waals surface area contributed by atoms with Crippen LogP contribution in [0.1, 0.15) is 0 Å². The molecular weight excluding hydrogens is 410 g/mol. The number of fused-ring (bicyclic) bond motifs is 5. The minimum Gasteiger partial charge on any atom is -0.416 e. The Morgan fingerprint density at radius 2 is 1.24 bits per heavy atom. The fraction of sp³-hybridized carbons (Fsp3) is 0. The van der Waals surface area contributed by atoms with Crippen molar-refractivity contribution in [3.8, 4) is 28.6 Å². The molecule has 0 N–H and O–H groups in total. The van der Waals surface area contributed by atoms with E-state index in [9.17, 15) is 0 Å². The van der Waals surface area contributed by atoms with Crippen molar-refractivity contribution < 1.29 is 4.42 Å². The fourth-order valence-electron chi connectivity index (χ4n) is 4.47. The first-order valence-corrected chi connectivity index (χ1v) is 10.7. The predicted octanol–water partition coefficient (Wildman–Crippen LogP) is 6.15. The van der Waals surface area contributed by atoms with Gasteiger partial charge in [0.15, 0.2) is 0 Å². The number of imidazole rings is 2. The van der Waals surface area contributed by atoms with Crippen molar-refractivity contribution in [2.45, 2.75) is 0 Å². The van der Waals surface area contributed by atoms with E-state index in [2.05, 4.69) is 49.5 Å². The fourth-order valence-corrected chi connectivity index (χ4v) is 4.47. The van der Waals surface area contributed by atoms with Crippen molar-refractivity contribution >= 4 is 27.8 Å². The van der Waals surface area contributed by atoms with Gasteiger partial charge in [0.1, 0.15) is 0 Å². The molecular formula is C27H17N5O. The number of hydrogen-bond donors (Lipinski definition) is 0. The molecule has 3 heterocycles. The Labute approximate surface area is 188 Å². The third-order valence-corrected chi connectivity index (χ3v) is 5.93. The van der Waals surface area contributed by atoms with Crippen molar-refractivity contribution in [3.05, 3.63) is 103 Å². The van der Waals surface area contributed by atoms with Gasteiger partial charge in [-0.2, -0.15) is 0 Å². The van der Waals surface area contributed by atoms with Crippen molar-refractivity contribution in [2.24, 2.45) is 0 Å². The molecule has 0 saturated carbocycles. The van der Waals surface area contributed by atoms with Crippen LogP contribution >= 0.6 is 0 Å². The maximum Gasteiger partial charge on any atom is 0.250 e. The molecule has 0 unspecified atom stereocenters. The molecule has 156 valence electrons. The molecule has 0 atom stereocenters. The molecule has 0 fully saturated rings. The molecule has 6 nitrogen and oxygen atoms in total. The topological polar surface area (TPSA) is 61.2 Å². The first-order chi connectivity index (χ1) is 16.4. The van der Waals surface area contributed by atoms with Crippen LogP contribution in [0.5, 0.6) is 0 Å². The zero-order chi connectivity index (χ0) is 21.8. The molecule has 6 heteroatoms. The molecule has 33 heavy (non-hydrogen) atoms. The van der Waals surface area contributed by atoms with E-state index in [0.717, 1.165) is 44.7 Å². The molecule has 7 aromatic rings. The Kier molecular flexibility index (Phi) is 3.75. The smallest absolute Gasteiger partial charge is 0.250 e. The highest BCUT2D eigenvalue weighted by Gasteiger charge is 2.21. The Morgan fingerprint density at radius 1 is 0.576 bits per heavy atom. The second kappa shape index (κ2) is 6.90. The van der Waals surface area contributed by atoms with Crippen molar-refractivity contribution in [3.63, 3.8) is 0 Å². The number of rotatable bonds is 3. The summed E-state index contributed by atoms with van der Waals surface area (Å²) in [5.41, 5.74) is 6.84. The number of para-hydroxylation sites is 5. The highest BCUT2D eigenvalue weighted by atomic mass is 16.4. The SMILES string of the molecule is c1ccc(-c2nnc(-c3ccccc3-n3c4ccccc4n4c5ccccc5nc34)o2)cc1. The minimum atomic E-state index is 0.469. The van der Waals surface area contributed by atoms with Crippen LogP contribution in [0.4, 0.5) is 0 Å². The zero-order valence-electron chi connectivity index (χ0n) is 17.5. The Bertz CT molecular complexity index is 1770. The lowest BCUT2D eigenvalue weighted by Crippen LogP contribution is -1.98. The normalized spacial score (nSPS) is 11.6. The summed E-state index contributed by atoms with van der Waals surface area (Å²) < 4.78 is 10.5. The summed E-state index contributed by atoms with van der Waals surface area (Å²) in [7, 11) is 0. The number of nitrogens with zero attached hydrogens (tertiary/aromatic N) is 5. The summed E-state index contributed by atoms with van der Waals surface area (Å²) >= 11 is 0. The Balaban J connectivity index is 1.51. The van der Waals surface area contributed by atoms with Gasteiger partial charge in [-0.05, 0) is 48.5 Å². The first kappa shape index (κ1) is 17.9. The predicted molar refractivity (Wildman–Crippen MR) is 128 cm³/mol. The van der Waals surface area contributed by atoms with Crippen LogP contribution in [0.3, 0.4) is 0 Å². The van der Waals surface area contributed by atoms with Gasteiger partial charge in [0, 0.05) is 5.56 Å². The van der Waals surface area contributed by atoms with E-state index in [4.69, 9.17) is 9.40 Å². The monoisotopic (exact) mass is 427 g/mol. The van der Waals surface area contributed by atoms with E-state index < -0.39 is 0 Å². The summed E-state index contributed by atoms with van der Waals surface area (Å²) in [6, 6.07) is 34.4. The number of aromatic nitrogens is 5. The summed E-state index contributed by atoms with van der Waals surface area (Å²) in [6.07, 6.45) is 0. The summed E-state index contributed by atoms with van der Waals surface area (Å²) in [5, 5.41) is 8.68. The van der Waals surface area contributed by atoms with E-state index in [0.29, 0.717) is 11.8 Å². The van der Waals surface area contributed by atoms with E-state index in [1.807, 2.05) is 72.8 Å². The second-order valence-electron chi connectivity index (χ2n) is 7.86. The minimum absolute atomic E-state index is 0.469. The van der Waals surface area contributed by atoms with Crippen LogP contribution in [0, 0.1) is 0 Å². The molecule has 0 aliphatic rings. The molecule has 0 aliphatic carbocycles. The lowest BCUT2D eigenvalue weighted by molar-refractivity contribution is 0.584. The van der Waals surface area contributed by atoms with Crippen LogP contribution in [-0.4, -0.2) is 24.1 Å². The lowest BCUT2D eigenvalue weighted by atomic mass is 10.1. The van der Waals surface area contributed by atoms with Crippen LogP contribution in [0.25, 0.3) is 56.4 Å². The van der Waals surface area contributed by atoms with Gasteiger partial charge in [-0.15, -0.1) is 10.2 Å². The van der Waals surface area contributed by atoms with Gasteiger partial charge in [0.25, 0.3) is 0 Å². The van der Waals surface area contributed by atoms with E-state index in [1.54, 1.807) is 0 Å². The highest BCUT2D eigenvalue weighted by molar-refractivity contribution is 5.93. The van der Waals surface area contributed by atoms with Crippen molar-refractivity contribution in [1.29, 1.82) is 0 Å². The van der Waals surface area contributed by atoms with E-state index >= 15 is 0 Å². The van der Waals surface area contributed by atoms with Gasteiger partial charge in [-0.3, -0.25) is 8.97 Å². The van der Waals surface area contributed by atoms with E-state index in [-0.39, 0.29) is 0 Å². The molecule has 3 aromatic heterocycles.